The molecular weight excluding hydrogens is 665 g/mol. The van der Waals surface area contributed by atoms with Gasteiger partial charge in [0.15, 0.2) is 5.82 Å². The van der Waals surface area contributed by atoms with Crippen LogP contribution >= 0.6 is 0 Å². The highest BCUT2D eigenvalue weighted by atomic mass is 14.9. The van der Waals surface area contributed by atoms with Crippen LogP contribution in [0.4, 0.5) is 0 Å². The van der Waals surface area contributed by atoms with Crippen molar-refractivity contribution >= 4 is 10.8 Å². The van der Waals surface area contributed by atoms with E-state index in [2.05, 4.69) is 190 Å². The zero-order chi connectivity index (χ0) is 36.9. The molecule has 0 unspecified atom stereocenters. The lowest BCUT2D eigenvalue weighted by atomic mass is 9.81. The van der Waals surface area contributed by atoms with Crippen molar-refractivity contribution < 1.29 is 0 Å². The van der Waals surface area contributed by atoms with E-state index in [1.165, 1.54) is 60.8 Å². The number of aromatic nitrogens is 2. The molecule has 0 amide bonds. The van der Waals surface area contributed by atoms with Gasteiger partial charge in [-0.15, -0.1) is 0 Å². The Bertz CT molecular complexity index is 2870. The molecule has 1 aromatic heterocycles. The maximum Gasteiger partial charge on any atom is 0.160 e. The summed E-state index contributed by atoms with van der Waals surface area (Å²) in [5, 5.41) is 2.55. The second kappa shape index (κ2) is 13.2. The van der Waals surface area contributed by atoms with Crippen LogP contribution in [0.25, 0.3) is 89.2 Å². The summed E-state index contributed by atoms with van der Waals surface area (Å²) in [6.07, 6.45) is 0. The predicted molar refractivity (Wildman–Crippen MR) is 230 cm³/mol. The SMILES string of the molecule is CC1(C)c2cc3ccccc3cc2-c2c(-c3ccccc3-c3ccccc3-c3cc(-c4ccc(-c5ccccc5)cc4)nc(-c4ccccc4)n3)cccc21. The molecule has 0 bridgehead atoms. The van der Waals surface area contributed by atoms with E-state index in [0.29, 0.717) is 5.82 Å². The zero-order valence-electron chi connectivity index (χ0n) is 30.9. The molecule has 9 aromatic rings. The average Bonchev–Trinajstić information content (AvgIpc) is 3.48. The summed E-state index contributed by atoms with van der Waals surface area (Å²) in [5.41, 5.74) is 17.3. The monoisotopic (exact) mass is 702 g/mol. The molecule has 0 fully saturated rings. The Labute approximate surface area is 322 Å². The minimum Gasteiger partial charge on any atom is -0.228 e. The van der Waals surface area contributed by atoms with E-state index in [4.69, 9.17) is 9.97 Å². The van der Waals surface area contributed by atoms with E-state index in [1.54, 1.807) is 0 Å². The molecule has 0 saturated carbocycles. The molecule has 10 rings (SSSR count). The summed E-state index contributed by atoms with van der Waals surface area (Å²) in [7, 11) is 0. The summed E-state index contributed by atoms with van der Waals surface area (Å²) in [6.45, 7) is 4.73. The fourth-order valence-electron chi connectivity index (χ4n) is 8.50. The minimum absolute atomic E-state index is 0.123. The van der Waals surface area contributed by atoms with E-state index < -0.39 is 0 Å². The maximum absolute atomic E-state index is 5.28. The first-order valence-corrected chi connectivity index (χ1v) is 19.0. The van der Waals surface area contributed by atoms with Crippen LogP contribution in [0.15, 0.2) is 194 Å². The Hall–Kier alpha value is -6.90. The maximum atomic E-state index is 5.28. The number of nitrogens with zero attached hydrogens (tertiary/aromatic N) is 2. The minimum atomic E-state index is -0.123. The van der Waals surface area contributed by atoms with E-state index in [9.17, 15) is 0 Å². The molecule has 0 atom stereocenters. The van der Waals surface area contributed by atoms with Gasteiger partial charge in [-0.2, -0.15) is 0 Å². The lowest BCUT2D eigenvalue weighted by molar-refractivity contribution is 0.661. The quantitative estimate of drug-likeness (QED) is 0.172. The largest absolute Gasteiger partial charge is 0.228 e. The van der Waals surface area contributed by atoms with Gasteiger partial charge in [0.05, 0.1) is 11.4 Å². The molecule has 0 aliphatic heterocycles. The van der Waals surface area contributed by atoms with E-state index in [1.807, 2.05) is 18.2 Å². The highest BCUT2D eigenvalue weighted by Crippen LogP contribution is 2.54. The van der Waals surface area contributed by atoms with Crippen molar-refractivity contribution in [1.29, 1.82) is 0 Å². The Kier molecular flexibility index (Phi) is 7.85. The third-order valence-electron chi connectivity index (χ3n) is 11.3. The van der Waals surface area contributed by atoms with Gasteiger partial charge in [-0.25, -0.2) is 9.97 Å². The zero-order valence-corrected chi connectivity index (χ0v) is 30.9. The Morgan fingerprint density at radius 3 is 1.51 bits per heavy atom. The van der Waals surface area contributed by atoms with Crippen LogP contribution in [0.1, 0.15) is 25.0 Å². The van der Waals surface area contributed by atoms with Crippen LogP contribution in [-0.4, -0.2) is 9.97 Å². The summed E-state index contributed by atoms with van der Waals surface area (Å²) < 4.78 is 0. The van der Waals surface area contributed by atoms with Gasteiger partial charge in [-0.1, -0.05) is 190 Å². The number of hydrogen-bond donors (Lipinski definition) is 0. The number of rotatable bonds is 6. The van der Waals surface area contributed by atoms with Crippen molar-refractivity contribution in [1.82, 2.24) is 9.97 Å². The van der Waals surface area contributed by atoms with Crippen molar-refractivity contribution in [3.8, 4) is 78.4 Å². The third kappa shape index (κ3) is 5.66. The van der Waals surface area contributed by atoms with Gasteiger partial charge >= 0.3 is 0 Å². The number of benzene rings is 8. The first kappa shape index (κ1) is 32.7. The average molecular weight is 703 g/mol. The van der Waals surface area contributed by atoms with E-state index in [-0.39, 0.29) is 5.41 Å². The number of fused-ring (bicyclic) bond motifs is 4. The van der Waals surface area contributed by atoms with Gasteiger partial charge in [-0.3, -0.25) is 0 Å². The number of hydrogen-bond acceptors (Lipinski definition) is 2. The van der Waals surface area contributed by atoms with Crippen molar-refractivity contribution in [3.05, 3.63) is 205 Å². The van der Waals surface area contributed by atoms with Crippen LogP contribution in [-0.2, 0) is 5.41 Å². The van der Waals surface area contributed by atoms with Gasteiger partial charge in [0.1, 0.15) is 0 Å². The van der Waals surface area contributed by atoms with Gasteiger partial charge in [0.25, 0.3) is 0 Å². The standard InChI is InChI=1S/C53H38N2/c1-53(2)47-27-15-26-45(51(47)46-32-39-20-9-10-21-40(39)33-48(46)53)43-24-12-11-22-41(43)42-23-13-14-25-44(42)50-34-49(54-52(55-50)38-18-7-4-8-19-38)37-30-28-36(29-31-37)35-16-5-3-6-17-35/h3-34H,1-2H3. The van der Waals surface area contributed by atoms with Gasteiger partial charge in [-0.05, 0) is 84.6 Å². The second-order valence-electron chi connectivity index (χ2n) is 15.0. The van der Waals surface area contributed by atoms with Gasteiger partial charge in [0.2, 0.25) is 0 Å². The highest BCUT2D eigenvalue weighted by molar-refractivity contribution is 6.02. The normalized spacial score (nSPS) is 12.7. The summed E-state index contributed by atoms with van der Waals surface area (Å²) in [4.78, 5) is 10.4. The Balaban J connectivity index is 1.14. The molecule has 2 heteroatoms. The fourth-order valence-corrected chi connectivity index (χ4v) is 8.50. The molecule has 1 heterocycles. The van der Waals surface area contributed by atoms with Crippen molar-refractivity contribution in [2.24, 2.45) is 0 Å². The Morgan fingerprint density at radius 2 is 0.818 bits per heavy atom. The Morgan fingerprint density at radius 1 is 0.327 bits per heavy atom. The molecule has 0 radical (unpaired) electrons. The van der Waals surface area contributed by atoms with Crippen LogP contribution in [0, 0.1) is 0 Å². The topological polar surface area (TPSA) is 25.8 Å². The first-order chi connectivity index (χ1) is 27.0. The smallest absolute Gasteiger partial charge is 0.160 e. The van der Waals surface area contributed by atoms with E-state index in [0.717, 1.165) is 33.6 Å². The third-order valence-corrected chi connectivity index (χ3v) is 11.3. The molecular formula is C53H38N2. The van der Waals surface area contributed by atoms with Crippen molar-refractivity contribution in [2.75, 3.05) is 0 Å². The predicted octanol–water partition coefficient (Wildman–Crippen LogP) is 13.9. The van der Waals surface area contributed by atoms with Crippen LogP contribution in [0.5, 0.6) is 0 Å². The molecule has 0 spiro atoms. The molecule has 8 aromatic carbocycles. The molecule has 2 nitrogen and oxygen atoms in total. The van der Waals surface area contributed by atoms with E-state index >= 15 is 0 Å². The summed E-state index contributed by atoms with van der Waals surface area (Å²) in [6, 6.07) is 69.6. The lowest BCUT2D eigenvalue weighted by Crippen LogP contribution is -2.14. The molecule has 260 valence electrons. The van der Waals surface area contributed by atoms with Gasteiger partial charge in [0, 0.05) is 22.1 Å². The molecule has 0 saturated heterocycles. The molecule has 0 N–H and O–H groups in total. The molecule has 55 heavy (non-hydrogen) atoms. The molecule has 1 aliphatic rings. The summed E-state index contributed by atoms with van der Waals surface area (Å²) >= 11 is 0. The van der Waals surface area contributed by atoms with Crippen LogP contribution in [0.3, 0.4) is 0 Å². The van der Waals surface area contributed by atoms with Crippen molar-refractivity contribution in [3.63, 3.8) is 0 Å². The highest BCUT2D eigenvalue weighted by Gasteiger charge is 2.37. The van der Waals surface area contributed by atoms with Crippen molar-refractivity contribution in [2.45, 2.75) is 19.3 Å². The van der Waals surface area contributed by atoms with Crippen LogP contribution < -0.4 is 0 Å². The van der Waals surface area contributed by atoms with Gasteiger partial charge < -0.3 is 0 Å². The fraction of sp³-hybridized carbons (Fsp3) is 0.0566. The summed E-state index contributed by atoms with van der Waals surface area (Å²) in [5.74, 6) is 0.704. The molecule has 1 aliphatic carbocycles. The first-order valence-electron chi connectivity index (χ1n) is 19.0. The second-order valence-corrected chi connectivity index (χ2v) is 15.0. The lowest BCUT2D eigenvalue weighted by Gasteiger charge is -2.22. The van der Waals surface area contributed by atoms with Crippen LogP contribution in [0.2, 0.25) is 0 Å².